The van der Waals surface area contributed by atoms with Gasteiger partial charge in [-0.2, -0.15) is 0 Å². The molecular formula is C18H37N5O3S. The van der Waals surface area contributed by atoms with Crippen molar-refractivity contribution in [2.75, 3.05) is 52.7 Å². The molecule has 158 valence electrons. The first kappa shape index (κ1) is 22.4. The summed E-state index contributed by atoms with van der Waals surface area (Å²) in [7, 11) is -1.51. The molecule has 0 radical (unpaired) electrons. The summed E-state index contributed by atoms with van der Waals surface area (Å²) in [4.78, 5) is 6.91. The standard InChI is InChI=1S/C18H37N5O3S/c1-17(2,22-27(4,24)25)14-20-16(19-3)21-15-18(8-6-5-7-9-18)23-10-12-26-13-11-23/h22H,5-15H2,1-4H3,(H2,19,20,21). The van der Waals surface area contributed by atoms with E-state index >= 15 is 0 Å². The van der Waals surface area contributed by atoms with Crippen molar-refractivity contribution in [2.45, 2.75) is 57.0 Å². The van der Waals surface area contributed by atoms with Gasteiger partial charge in [0.15, 0.2) is 5.96 Å². The molecule has 1 heterocycles. The van der Waals surface area contributed by atoms with E-state index in [1.54, 1.807) is 7.05 Å². The Morgan fingerprint density at radius 1 is 1.15 bits per heavy atom. The third-order valence-corrected chi connectivity index (χ3v) is 6.36. The Balaban J connectivity index is 1.94. The van der Waals surface area contributed by atoms with E-state index in [2.05, 4.69) is 25.2 Å². The zero-order chi connectivity index (χ0) is 20.0. The number of hydrogen-bond donors (Lipinski definition) is 3. The van der Waals surface area contributed by atoms with Crippen molar-refractivity contribution < 1.29 is 13.2 Å². The second kappa shape index (κ2) is 9.54. The van der Waals surface area contributed by atoms with Crippen LogP contribution in [0.15, 0.2) is 4.99 Å². The molecule has 1 aliphatic carbocycles. The summed E-state index contributed by atoms with van der Waals surface area (Å²) in [6, 6.07) is 0. The normalized spacial score (nSPS) is 22.4. The Hall–Kier alpha value is -0.900. The zero-order valence-electron chi connectivity index (χ0n) is 17.3. The second-order valence-electron chi connectivity index (χ2n) is 8.42. The molecule has 0 bridgehead atoms. The maximum Gasteiger partial charge on any atom is 0.209 e. The third kappa shape index (κ3) is 7.21. The minimum Gasteiger partial charge on any atom is -0.379 e. The van der Waals surface area contributed by atoms with E-state index in [9.17, 15) is 8.42 Å². The summed E-state index contributed by atoms with van der Waals surface area (Å²) in [6.45, 7) is 8.57. The summed E-state index contributed by atoms with van der Waals surface area (Å²) >= 11 is 0. The molecule has 2 aliphatic rings. The molecule has 27 heavy (non-hydrogen) atoms. The van der Waals surface area contributed by atoms with Gasteiger partial charge in [0, 0.05) is 44.3 Å². The fourth-order valence-corrected chi connectivity index (χ4v) is 5.24. The van der Waals surface area contributed by atoms with Gasteiger partial charge in [0.2, 0.25) is 10.0 Å². The molecule has 0 amide bonds. The van der Waals surface area contributed by atoms with Gasteiger partial charge in [0.05, 0.1) is 19.5 Å². The average Bonchev–Trinajstić information content (AvgIpc) is 2.61. The van der Waals surface area contributed by atoms with Gasteiger partial charge in [-0.05, 0) is 26.7 Å². The van der Waals surface area contributed by atoms with E-state index in [0.29, 0.717) is 12.5 Å². The molecule has 2 fully saturated rings. The zero-order valence-corrected chi connectivity index (χ0v) is 18.1. The first-order valence-corrected chi connectivity index (χ1v) is 11.8. The minimum absolute atomic E-state index is 0.153. The van der Waals surface area contributed by atoms with Crippen LogP contribution in [0.4, 0.5) is 0 Å². The molecule has 2 rings (SSSR count). The van der Waals surface area contributed by atoms with Crippen molar-refractivity contribution in [3.8, 4) is 0 Å². The molecule has 0 unspecified atom stereocenters. The maximum atomic E-state index is 11.5. The Labute approximate surface area is 164 Å². The van der Waals surface area contributed by atoms with Gasteiger partial charge in [0.25, 0.3) is 0 Å². The second-order valence-corrected chi connectivity index (χ2v) is 10.2. The van der Waals surface area contributed by atoms with E-state index < -0.39 is 15.6 Å². The van der Waals surface area contributed by atoms with Crippen LogP contribution in [0, 0.1) is 0 Å². The SMILES string of the molecule is CN=C(NCC(C)(C)NS(C)(=O)=O)NCC1(N2CCOCC2)CCCCC1. The van der Waals surface area contributed by atoms with Gasteiger partial charge < -0.3 is 15.4 Å². The fraction of sp³-hybridized carbons (Fsp3) is 0.944. The van der Waals surface area contributed by atoms with Crippen molar-refractivity contribution in [3.63, 3.8) is 0 Å². The number of rotatable bonds is 7. The van der Waals surface area contributed by atoms with Crippen LogP contribution in [0.2, 0.25) is 0 Å². The van der Waals surface area contributed by atoms with Gasteiger partial charge >= 0.3 is 0 Å². The van der Waals surface area contributed by atoms with Crippen LogP contribution in [-0.2, 0) is 14.8 Å². The molecule has 8 nitrogen and oxygen atoms in total. The molecule has 1 saturated carbocycles. The Bertz CT molecular complexity index is 594. The quantitative estimate of drug-likeness (QED) is 0.424. The lowest BCUT2D eigenvalue weighted by Gasteiger charge is -2.48. The van der Waals surface area contributed by atoms with Gasteiger partial charge in [-0.1, -0.05) is 19.3 Å². The van der Waals surface area contributed by atoms with Gasteiger partial charge in [0.1, 0.15) is 0 Å². The van der Waals surface area contributed by atoms with E-state index in [-0.39, 0.29) is 5.54 Å². The molecule has 0 aromatic carbocycles. The molecule has 1 aliphatic heterocycles. The Morgan fingerprint density at radius 3 is 2.33 bits per heavy atom. The highest BCUT2D eigenvalue weighted by molar-refractivity contribution is 7.88. The lowest BCUT2D eigenvalue weighted by Crippen LogP contribution is -2.61. The summed E-state index contributed by atoms with van der Waals surface area (Å²) in [5.41, 5.74) is -0.446. The van der Waals surface area contributed by atoms with Crippen LogP contribution < -0.4 is 15.4 Å². The Morgan fingerprint density at radius 2 is 1.78 bits per heavy atom. The van der Waals surface area contributed by atoms with E-state index in [1.165, 1.54) is 38.4 Å². The number of ether oxygens (including phenoxy) is 1. The van der Waals surface area contributed by atoms with Crippen LogP contribution >= 0.6 is 0 Å². The summed E-state index contributed by atoms with van der Waals surface area (Å²) in [6.07, 6.45) is 7.39. The van der Waals surface area contributed by atoms with Crippen LogP contribution in [0.1, 0.15) is 46.0 Å². The number of nitrogens with zero attached hydrogens (tertiary/aromatic N) is 2. The first-order valence-electron chi connectivity index (χ1n) is 9.92. The number of hydrogen-bond acceptors (Lipinski definition) is 5. The highest BCUT2D eigenvalue weighted by Gasteiger charge is 2.38. The summed E-state index contributed by atoms with van der Waals surface area (Å²) in [5, 5.41) is 6.75. The summed E-state index contributed by atoms with van der Waals surface area (Å²) < 4.78 is 31.2. The monoisotopic (exact) mass is 403 g/mol. The van der Waals surface area contributed by atoms with Crippen LogP contribution in [0.25, 0.3) is 0 Å². The van der Waals surface area contributed by atoms with Gasteiger partial charge in [-0.15, -0.1) is 0 Å². The number of sulfonamides is 1. The van der Waals surface area contributed by atoms with Crippen LogP contribution in [-0.4, -0.2) is 83.1 Å². The molecule has 9 heteroatoms. The van der Waals surface area contributed by atoms with Crippen LogP contribution in [0.5, 0.6) is 0 Å². The fourth-order valence-electron chi connectivity index (χ4n) is 4.16. The topological polar surface area (TPSA) is 95.1 Å². The highest BCUT2D eigenvalue weighted by atomic mass is 32.2. The smallest absolute Gasteiger partial charge is 0.209 e. The lowest BCUT2D eigenvalue weighted by atomic mass is 9.80. The van der Waals surface area contributed by atoms with Crippen molar-refractivity contribution in [2.24, 2.45) is 4.99 Å². The number of aliphatic imine (C=N–C) groups is 1. The van der Waals surface area contributed by atoms with E-state index in [1.807, 2.05) is 13.8 Å². The molecule has 0 aromatic rings. The predicted molar refractivity (Wildman–Crippen MR) is 110 cm³/mol. The minimum atomic E-state index is -3.26. The van der Waals surface area contributed by atoms with Crippen molar-refractivity contribution in [3.05, 3.63) is 0 Å². The van der Waals surface area contributed by atoms with Gasteiger partial charge in [-0.25, -0.2) is 13.1 Å². The van der Waals surface area contributed by atoms with E-state index in [4.69, 9.17) is 4.74 Å². The van der Waals surface area contributed by atoms with Crippen molar-refractivity contribution >= 4 is 16.0 Å². The third-order valence-electron chi connectivity index (χ3n) is 5.43. The Kier molecular flexibility index (Phi) is 7.91. The first-order chi connectivity index (χ1) is 12.7. The number of nitrogens with one attached hydrogen (secondary N) is 3. The molecule has 0 atom stereocenters. The largest absolute Gasteiger partial charge is 0.379 e. The number of guanidine groups is 1. The highest BCUT2D eigenvalue weighted by Crippen LogP contribution is 2.33. The molecule has 1 saturated heterocycles. The molecular weight excluding hydrogens is 366 g/mol. The van der Waals surface area contributed by atoms with Crippen LogP contribution in [0.3, 0.4) is 0 Å². The maximum absolute atomic E-state index is 11.5. The predicted octanol–water partition coefficient (Wildman–Crippen LogP) is 0.514. The molecule has 0 spiro atoms. The molecule has 0 aromatic heterocycles. The molecule has 3 N–H and O–H groups in total. The average molecular weight is 404 g/mol. The van der Waals surface area contributed by atoms with Crippen molar-refractivity contribution in [1.82, 2.24) is 20.3 Å². The summed E-state index contributed by atoms with van der Waals surface area (Å²) in [5.74, 6) is 0.705. The number of morpholine rings is 1. The lowest BCUT2D eigenvalue weighted by molar-refractivity contribution is -0.0352. The van der Waals surface area contributed by atoms with Crippen molar-refractivity contribution in [1.29, 1.82) is 0 Å². The van der Waals surface area contributed by atoms with Gasteiger partial charge in [-0.3, -0.25) is 9.89 Å². The van der Waals surface area contributed by atoms with E-state index in [0.717, 1.165) is 32.8 Å².